The molecule has 104 valence electrons. The van der Waals surface area contributed by atoms with Gasteiger partial charge in [0.25, 0.3) is 0 Å². The second-order valence-corrected chi connectivity index (χ2v) is 5.99. The van der Waals surface area contributed by atoms with Crippen LogP contribution >= 0.6 is 15.9 Å². The number of carbonyl (C=O) groups excluding carboxylic acids is 1. The van der Waals surface area contributed by atoms with E-state index in [-0.39, 0.29) is 0 Å². The Kier molecular flexibility index (Phi) is 4.61. The maximum atomic E-state index is 11.1. The van der Waals surface area contributed by atoms with Crippen LogP contribution in [0.15, 0.2) is 40.9 Å². The molecule has 0 aliphatic rings. The molecule has 0 bridgehead atoms. The number of aldehydes is 1. The third kappa shape index (κ3) is 3.28. The van der Waals surface area contributed by atoms with Crippen LogP contribution in [0.1, 0.15) is 41.3 Å². The fourth-order valence-electron chi connectivity index (χ4n) is 2.19. The number of halogens is 1. The highest BCUT2D eigenvalue weighted by Crippen LogP contribution is 2.29. The zero-order valence-corrected chi connectivity index (χ0v) is 13.4. The van der Waals surface area contributed by atoms with Crippen molar-refractivity contribution in [1.82, 2.24) is 0 Å². The van der Waals surface area contributed by atoms with Crippen LogP contribution in [0, 0.1) is 6.92 Å². The standard InChI is InChI=1S/C17H17BrO2/c1-11(2)16-6-5-15(8-12(16)3)20-17-7-4-14(18)9-13(17)10-19/h4-11H,1-3H3. The van der Waals surface area contributed by atoms with E-state index in [9.17, 15) is 4.79 Å². The molecule has 2 aromatic rings. The predicted molar refractivity (Wildman–Crippen MR) is 84.9 cm³/mol. The molecule has 2 rings (SSSR count). The fourth-order valence-corrected chi connectivity index (χ4v) is 2.57. The summed E-state index contributed by atoms with van der Waals surface area (Å²) in [6, 6.07) is 11.4. The van der Waals surface area contributed by atoms with Gasteiger partial charge in [0.1, 0.15) is 11.5 Å². The monoisotopic (exact) mass is 332 g/mol. The summed E-state index contributed by atoms with van der Waals surface area (Å²) in [6.45, 7) is 6.41. The first-order valence-corrected chi connectivity index (χ1v) is 7.33. The number of carbonyl (C=O) groups is 1. The Balaban J connectivity index is 2.31. The van der Waals surface area contributed by atoms with E-state index in [1.54, 1.807) is 12.1 Å². The van der Waals surface area contributed by atoms with Crippen molar-refractivity contribution in [2.45, 2.75) is 26.7 Å². The molecule has 0 atom stereocenters. The lowest BCUT2D eigenvalue weighted by molar-refractivity contribution is 0.112. The van der Waals surface area contributed by atoms with Crippen LogP contribution in [0.3, 0.4) is 0 Å². The summed E-state index contributed by atoms with van der Waals surface area (Å²) in [5.74, 6) is 1.81. The summed E-state index contributed by atoms with van der Waals surface area (Å²) in [5, 5.41) is 0. The molecule has 2 nitrogen and oxygen atoms in total. The van der Waals surface area contributed by atoms with Crippen molar-refractivity contribution in [2.75, 3.05) is 0 Å². The van der Waals surface area contributed by atoms with Crippen LogP contribution in [0.25, 0.3) is 0 Å². The van der Waals surface area contributed by atoms with E-state index >= 15 is 0 Å². The Morgan fingerprint density at radius 2 is 1.90 bits per heavy atom. The first kappa shape index (κ1) is 14.8. The molecule has 2 aromatic carbocycles. The second-order valence-electron chi connectivity index (χ2n) is 5.08. The molecule has 0 unspecified atom stereocenters. The molecular weight excluding hydrogens is 316 g/mol. The lowest BCUT2D eigenvalue weighted by Gasteiger charge is -2.13. The normalized spacial score (nSPS) is 10.7. The van der Waals surface area contributed by atoms with E-state index in [0.717, 1.165) is 16.5 Å². The van der Waals surface area contributed by atoms with Crippen LogP contribution in [-0.2, 0) is 0 Å². The smallest absolute Gasteiger partial charge is 0.153 e. The molecule has 0 aromatic heterocycles. The lowest BCUT2D eigenvalue weighted by atomic mass is 9.98. The second kappa shape index (κ2) is 6.23. The number of rotatable bonds is 4. The molecule has 0 aliphatic carbocycles. The van der Waals surface area contributed by atoms with Gasteiger partial charge in [-0.2, -0.15) is 0 Å². The zero-order valence-electron chi connectivity index (χ0n) is 11.8. The number of benzene rings is 2. The van der Waals surface area contributed by atoms with Gasteiger partial charge in [-0.25, -0.2) is 0 Å². The van der Waals surface area contributed by atoms with E-state index in [0.29, 0.717) is 17.2 Å². The van der Waals surface area contributed by atoms with E-state index < -0.39 is 0 Å². The van der Waals surface area contributed by atoms with Gasteiger partial charge < -0.3 is 4.74 Å². The fraction of sp³-hybridized carbons (Fsp3) is 0.235. The highest BCUT2D eigenvalue weighted by atomic mass is 79.9. The summed E-state index contributed by atoms with van der Waals surface area (Å²) in [5.41, 5.74) is 3.04. The summed E-state index contributed by atoms with van der Waals surface area (Å²) >= 11 is 3.35. The molecule has 0 amide bonds. The molecule has 0 radical (unpaired) electrons. The topological polar surface area (TPSA) is 26.3 Å². The van der Waals surface area contributed by atoms with Gasteiger partial charge in [-0.3, -0.25) is 4.79 Å². The minimum atomic E-state index is 0.488. The van der Waals surface area contributed by atoms with E-state index in [4.69, 9.17) is 4.74 Å². The van der Waals surface area contributed by atoms with E-state index in [1.807, 2.05) is 18.2 Å². The van der Waals surface area contributed by atoms with Gasteiger partial charge >= 0.3 is 0 Å². The molecule has 0 fully saturated rings. The summed E-state index contributed by atoms with van der Waals surface area (Å²) < 4.78 is 6.68. The average Bonchev–Trinajstić information content (AvgIpc) is 2.40. The molecular formula is C17H17BrO2. The van der Waals surface area contributed by atoms with Gasteiger partial charge in [-0.15, -0.1) is 0 Å². The highest BCUT2D eigenvalue weighted by Gasteiger charge is 2.08. The lowest BCUT2D eigenvalue weighted by Crippen LogP contribution is -1.94. The number of hydrogen-bond acceptors (Lipinski definition) is 2. The minimum Gasteiger partial charge on any atom is -0.457 e. The molecule has 3 heteroatoms. The van der Waals surface area contributed by atoms with Crippen LogP contribution in [0.4, 0.5) is 0 Å². The summed E-state index contributed by atoms with van der Waals surface area (Å²) in [7, 11) is 0. The van der Waals surface area contributed by atoms with Gasteiger partial charge in [-0.05, 0) is 54.3 Å². The maximum absolute atomic E-state index is 11.1. The van der Waals surface area contributed by atoms with Crippen molar-refractivity contribution in [1.29, 1.82) is 0 Å². The van der Waals surface area contributed by atoms with Crippen molar-refractivity contribution in [3.63, 3.8) is 0 Å². The van der Waals surface area contributed by atoms with Gasteiger partial charge in [0, 0.05) is 4.47 Å². The Morgan fingerprint density at radius 3 is 2.50 bits per heavy atom. The van der Waals surface area contributed by atoms with Gasteiger partial charge in [0.2, 0.25) is 0 Å². The molecule has 20 heavy (non-hydrogen) atoms. The molecule has 0 saturated carbocycles. The van der Waals surface area contributed by atoms with Gasteiger partial charge in [-0.1, -0.05) is 35.8 Å². The average molecular weight is 333 g/mol. The Hall–Kier alpha value is -1.61. The highest BCUT2D eigenvalue weighted by molar-refractivity contribution is 9.10. The quantitative estimate of drug-likeness (QED) is 0.692. The maximum Gasteiger partial charge on any atom is 0.153 e. The van der Waals surface area contributed by atoms with Gasteiger partial charge in [0.15, 0.2) is 6.29 Å². The van der Waals surface area contributed by atoms with E-state index in [1.165, 1.54) is 11.1 Å². The first-order chi connectivity index (χ1) is 9.51. The number of aryl methyl sites for hydroxylation is 1. The molecule has 0 aliphatic heterocycles. The van der Waals surface area contributed by atoms with Crippen LogP contribution in [0.2, 0.25) is 0 Å². The minimum absolute atomic E-state index is 0.488. The molecule has 0 spiro atoms. The largest absolute Gasteiger partial charge is 0.457 e. The Morgan fingerprint density at radius 1 is 1.15 bits per heavy atom. The van der Waals surface area contributed by atoms with Crippen molar-refractivity contribution in [2.24, 2.45) is 0 Å². The Labute approximate surface area is 127 Å². The van der Waals surface area contributed by atoms with Crippen LogP contribution in [-0.4, -0.2) is 6.29 Å². The SMILES string of the molecule is Cc1cc(Oc2ccc(Br)cc2C=O)ccc1C(C)C. The molecule has 0 N–H and O–H groups in total. The predicted octanol–water partition coefficient (Wildman–Crippen LogP) is 5.49. The molecule has 0 heterocycles. The molecule has 0 saturated heterocycles. The number of ether oxygens (including phenoxy) is 1. The first-order valence-electron chi connectivity index (χ1n) is 6.54. The summed E-state index contributed by atoms with van der Waals surface area (Å²) in [6.07, 6.45) is 0.801. The third-order valence-electron chi connectivity index (χ3n) is 3.19. The van der Waals surface area contributed by atoms with Crippen molar-refractivity contribution >= 4 is 22.2 Å². The zero-order chi connectivity index (χ0) is 14.7. The van der Waals surface area contributed by atoms with Crippen molar-refractivity contribution < 1.29 is 9.53 Å². The number of hydrogen-bond donors (Lipinski definition) is 0. The Bertz CT molecular complexity index is 633. The van der Waals surface area contributed by atoms with Crippen molar-refractivity contribution in [3.05, 3.63) is 57.6 Å². The summed E-state index contributed by atoms with van der Waals surface area (Å²) in [4.78, 5) is 11.1. The van der Waals surface area contributed by atoms with E-state index in [2.05, 4.69) is 42.8 Å². The van der Waals surface area contributed by atoms with Crippen molar-refractivity contribution in [3.8, 4) is 11.5 Å². The van der Waals surface area contributed by atoms with Crippen LogP contribution < -0.4 is 4.74 Å². The van der Waals surface area contributed by atoms with Crippen LogP contribution in [0.5, 0.6) is 11.5 Å². The van der Waals surface area contributed by atoms with Gasteiger partial charge in [0.05, 0.1) is 5.56 Å². The third-order valence-corrected chi connectivity index (χ3v) is 3.68.